The number of benzene rings is 3. The Bertz CT molecular complexity index is 1180. The molecule has 7 nitrogen and oxygen atoms in total. The first kappa shape index (κ1) is 25.7. The van der Waals surface area contributed by atoms with Gasteiger partial charge in [-0.15, -0.1) is 23.5 Å². The number of nitrogens with one attached hydrogen (secondary N) is 2. The fourth-order valence-corrected chi connectivity index (χ4v) is 6.12. The molecule has 3 aromatic rings. The SMILES string of the molecule is Cc1ccc(NC(=O)COc2ccc(/C=N\NC(=O)COc3ccc(C4SCCS4)cc3)cc2)cc1. The third-order valence-electron chi connectivity index (χ3n) is 5.13. The van der Waals surface area contributed by atoms with Gasteiger partial charge in [0.1, 0.15) is 11.5 Å². The van der Waals surface area contributed by atoms with Crippen molar-refractivity contribution in [2.75, 3.05) is 30.0 Å². The Balaban J connectivity index is 1.15. The van der Waals surface area contributed by atoms with E-state index in [0.29, 0.717) is 16.1 Å². The van der Waals surface area contributed by atoms with Gasteiger partial charge >= 0.3 is 0 Å². The summed E-state index contributed by atoms with van der Waals surface area (Å²) in [5.74, 6) is 2.97. The molecule has 1 saturated heterocycles. The third kappa shape index (κ3) is 8.07. The van der Waals surface area contributed by atoms with E-state index in [0.717, 1.165) is 16.8 Å². The maximum atomic E-state index is 12.0. The number of carbonyl (C=O) groups is 2. The van der Waals surface area contributed by atoms with Gasteiger partial charge in [0.05, 0.1) is 10.8 Å². The van der Waals surface area contributed by atoms with Crippen molar-refractivity contribution in [1.82, 2.24) is 5.43 Å². The van der Waals surface area contributed by atoms with Gasteiger partial charge in [-0.25, -0.2) is 5.43 Å². The zero-order valence-electron chi connectivity index (χ0n) is 19.8. The first-order valence-corrected chi connectivity index (χ1v) is 13.5. The molecule has 0 atom stereocenters. The molecule has 0 aromatic heterocycles. The van der Waals surface area contributed by atoms with Crippen molar-refractivity contribution in [2.24, 2.45) is 5.10 Å². The quantitative estimate of drug-likeness (QED) is 0.288. The Kier molecular flexibility index (Phi) is 9.29. The second-order valence-electron chi connectivity index (χ2n) is 8.00. The summed E-state index contributed by atoms with van der Waals surface area (Å²) in [5.41, 5.74) is 6.34. The maximum Gasteiger partial charge on any atom is 0.277 e. The molecule has 0 spiro atoms. The van der Waals surface area contributed by atoms with E-state index < -0.39 is 0 Å². The molecule has 0 aliphatic carbocycles. The van der Waals surface area contributed by atoms with Crippen LogP contribution < -0.4 is 20.2 Å². The first-order chi connectivity index (χ1) is 17.5. The highest BCUT2D eigenvalue weighted by Gasteiger charge is 2.18. The molecule has 2 amide bonds. The van der Waals surface area contributed by atoms with Crippen molar-refractivity contribution in [1.29, 1.82) is 0 Å². The fraction of sp³-hybridized carbons (Fsp3) is 0.222. The van der Waals surface area contributed by atoms with Crippen LogP contribution in [0.5, 0.6) is 11.5 Å². The smallest absolute Gasteiger partial charge is 0.277 e. The lowest BCUT2D eigenvalue weighted by Gasteiger charge is -2.10. The number of nitrogens with zero attached hydrogens (tertiary/aromatic N) is 1. The molecule has 4 rings (SSSR count). The van der Waals surface area contributed by atoms with E-state index in [1.165, 1.54) is 23.3 Å². The second-order valence-corrected chi connectivity index (χ2v) is 10.7. The van der Waals surface area contributed by atoms with E-state index in [1.807, 2.05) is 79.0 Å². The molecule has 1 aliphatic heterocycles. The van der Waals surface area contributed by atoms with Gasteiger partial charge < -0.3 is 14.8 Å². The predicted octanol–water partition coefficient (Wildman–Crippen LogP) is 5.02. The van der Waals surface area contributed by atoms with Gasteiger partial charge in [0.2, 0.25) is 0 Å². The van der Waals surface area contributed by atoms with Gasteiger partial charge in [0.15, 0.2) is 13.2 Å². The summed E-state index contributed by atoms with van der Waals surface area (Å²) >= 11 is 3.90. The number of ether oxygens (including phenoxy) is 2. The summed E-state index contributed by atoms with van der Waals surface area (Å²) in [5, 5.41) is 6.75. The van der Waals surface area contributed by atoms with Crippen LogP contribution in [0.25, 0.3) is 0 Å². The number of hydrazone groups is 1. The van der Waals surface area contributed by atoms with Crippen LogP contribution in [0.15, 0.2) is 77.9 Å². The summed E-state index contributed by atoms with van der Waals surface area (Å²) < 4.78 is 11.6. The summed E-state index contributed by atoms with van der Waals surface area (Å²) in [6, 6.07) is 22.5. The first-order valence-electron chi connectivity index (χ1n) is 11.4. The van der Waals surface area contributed by atoms with Gasteiger partial charge in [-0.1, -0.05) is 29.8 Å². The fourth-order valence-electron chi connectivity index (χ4n) is 3.26. The Labute approximate surface area is 219 Å². The van der Waals surface area contributed by atoms with Gasteiger partial charge in [-0.2, -0.15) is 5.10 Å². The van der Waals surface area contributed by atoms with Crippen LogP contribution in [0.3, 0.4) is 0 Å². The van der Waals surface area contributed by atoms with Crippen LogP contribution in [0.4, 0.5) is 5.69 Å². The monoisotopic (exact) mass is 521 g/mol. The summed E-state index contributed by atoms with van der Waals surface area (Å²) in [6.07, 6.45) is 1.53. The zero-order valence-corrected chi connectivity index (χ0v) is 21.4. The largest absolute Gasteiger partial charge is 0.484 e. The average Bonchev–Trinajstić information content (AvgIpc) is 3.44. The number of hydrogen-bond acceptors (Lipinski definition) is 7. The Morgan fingerprint density at radius 1 is 0.861 bits per heavy atom. The van der Waals surface area contributed by atoms with E-state index in [-0.39, 0.29) is 25.0 Å². The average molecular weight is 522 g/mol. The molecule has 0 bridgehead atoms. The third-order valence-corrected chi connectivity index (χ3v) is 8.24. The zero-order chi connectivity index (χ0) is 25.2. The molecule has 9 heteroatoms. The highest BCUT2D eigenvalue weighted by molar-refractivity contribution is 8.19. The van der Waals surface area contributed by atoms with Crippen LogP contribution in [-0.2, 0) is 9.59 Å². The number of hydrogen-bond donors (Lipinski definition) is 2. The predicted molar refractivity (Wildman–Crippen MR) is 147 cm³/mol. The molecule has 2 N–H and O–H groups in total. The van der Waals surface area contributed by atoms with Crippen molar-refractivity contribution in [3.05, 3.63) is 89.5 Å². The van der Waals surface area contributed by atoms with Crippen molar-refractivity contribution in [3.63, 3.8) is 0 Å². The molecule has 0 radical (unpaired) electrons. The topological polar surface area (TPSA) is 89.0 Å². The number of rotatable bonds is 10. The summed E-state index contributed by atoms with van der Waals surface area (Å²) in [7, 11) is 0. The normalized spacial score (nSPS) is 13.5. The molecular formula is C27H27N3O4S2. The van der Waals surface area contributed by atoms with Crippen LogP contribution in [0.2, 0.25) is 0 Å². The number of thioether (sulfide) groups is 2. The van der Waals surface area contributed by atoms with Crippen LogP contribution in [0, 0.1) is 6.92 Å². The van der Waals surface area contributed by atoms with Gasteiger partial charge in [0, 0.05) is 17.2 Å². The van der Waals surface area contributed by atoms with E-state index in [2.05, 4.69) is 15.8 Å². The van der Waals surface area contributed by atoms with Gasteiger partial charge in [-0.3, -0.25) is 9.59 Å². The van der Waals surface area contributed by atoms with Crippen LogP contribution >= 0.6 is 23.5 Å². The molecule has 3 aromatic carbocycles. The van der Waals surface area contributed by atoms with Gasteiger partial charge in [0.25, 0.3) is 11.8 Å². The van der Waals surface area contributed by atoms with Crippen LogP contribution in [0.1, 0.15) is 21.3 Å². The molecule has 1 aliphatic rings. The standard InChI is InChI=1S/C27H27N3O4S2/c1-19-2-8-22(9-3-19)29-25(31)17-33-23-10-4-20(5-11-23)16-28-30-26(32)18-34-24-12-6-21(7-13-24)27-35-14-15-36-27/h2-13,16,27H,14-15,17-18H2,1H3,(H,29,31)(H,30,32)/b28-16-. The molecule has 0 saturated carbocycles. The van der Waals surface area contributed by atoms with Crippen molar-refractivity contribution >= 4 is 47.2 Å². The lowest BCUT2D eigenvalue weighted by Crippen LogP contribution is -2.24. The number of carbonyl (C=O) groups excluding carboxylic acids is 2. The van der Waals surface area contributed by atoms with Crippen molar-refractivity contribution in [3.8, 4) is 11.5 Å². The summed E-state index contributed by atoms with van der Waals surface area (Å²) in [4.78, 5) is 24.1. The van der Waals surface area contributed by atoms with E-state index in [4.69, 9.17) is 9.47 Å². The highest BCUT2D eigenvalue weighted by atomic mass is 32.2. The Morgan fingerprint density at radius 3 is 2.08 bits per heavy atom. The van der Waals surface area contributed by atoms with Crippen LogP contribution in [-0.4, -0.2) is 42.7 Å². The molecule has 1 fully saturated rings. The Hall–Kier alpha value is -3.43. The maximum absolute atomic E-state index is 12.0. The van der Waals surface area contributed by atoms with E-state index in [9.17, 15) is 9.59 Å². The molecule has 0 unspecified atom stereocenters. The van der Waals surface area contributed by atoms with E-state index >= 15 is 0 Å². The lowest BCUT2D eigenvalue weighted by atomic mass is 10.2. The highest BCUT2D eigenvalue weighted by Crippen LogP contribution is 2.45. The minimum Gasteiger partial charge on any atom is -0.484 e. The molecule has 1 heterocycles. The summed E-state index contributed by atoms with van der Waals surface area (Å²) in [6.45, 7) is 1.76. The van der Waals surface area contributed by atoms with Gasteiger partial charge in [-0.05, 0) is 66.6 Å². The minimum absolute atomic E-state index is 0.0986. The lowest BCUT2D eigenvalue weighted by molar-refractivity contribution is -0.123. The minimum atomic E-state index is -0.350. The molecule has 36 heavy (non-hydrogen) atoms. The number of anilines is 1. The van der Waals surface area contributed by atoms with Crippen molar-refractivity contribution in [2.45, 2.75) is 11.5 Å². The number of amides is 2. The Morgan fingerprint density at radius 2 is 1.44 bits per heavy atom. The number of aryl methyl sites for hydroxylation is 1. The molecular weight excluding hydrogens is 494 g/mol. The van der Waals surface area contributed by atoms with Crippen molar-refractivity contribution < 1.29 is 19.1 Å². The second kappa shape index (κ2) is 13.0. The van der Waals surface area contributed by atoms with E-state index in [1.54, 1.807) is 24.3 Å². The molecule has 186 valence electrons.